The molecule has 0 aromatic heterocycles. The Morgan fingerprint density at radius 3 is 2.91 bits per heavy atom. The van der Waals surface area contributed by atoms with E-state index >= 15 is 0 Å². The summed E-state index contributed by atoms with van der Waals surface area (Å²) in [7, 11) is 1.41. The molecule has 1 aromatic carbocycles. The SMILES string of the molecule is CCN1CCC[C@H]1CNC(=O)c1c(O)c(O)cc(Br)c1OC. The summed E-state index contributed by atoms with van der Waals surface area (Å²) < 4.78 is 5.57. The molecule has 0 spiro atoms. The zero-order valence-corrected chi connectivity index (χ0v) is 14.3. The molecule has 1 aromatic rings. The molecule has 1 aliphatic heterocycles. The Hall–Kier alpha value is -1.47. The van der Waals surface area contributed by atoms with Gasteiger partial charge in [0.2, 0.25) is 0 Å². The second-order valence-corrected chi connectivity index (χ2v) is 6.12. The lowest BCUT2D eigenvalue weighted by Gasteiger charge is -2.23. The number of likely N-dealkylation sites (tertiary alicyclic amines) is 1. The minimum atomic E-state index is -0.476. The van der Waals surface area contributed by atoms with E-state index in [1.807, 2.05) is 0 Å². The lowest BCUT2D eigenvalue weighted by molar-refractivity contribution is 0.0934. The van der Waals surface area contributed by atoms with Crippen LogP contribution in [0.3, 0.4) is 0 Å². The topological polar surface area (TPSA) is 82.0 Å². The molecular formula is C15H21BrN2O4. The maximum Gasteiger partial charge on any atom is 0.259 e. The molecule has 0 radical (unpaired) electrons. The van der Waals surface area contributed by atoms with Gasteiger partial charge in [0.15, 0.2) is 11.5 Å². The molecule has 1 atom stereocenters. The second-order valence-electron chi connectivity index (χ2n) is 5.27. The number of aromatic hydroxyl groups is 2. The lowest BCUT2D eigenvalue weighted by Crippen LogP contribution is -2.40. The summed E-state index contributed by atoms with van der Waals surface area (Å²) in [5, 5.41) is 22.5. The van der Waals surface area contributed by atoms with E-state index in [0.29, 0.717) is 17.1 Å². The van der Waals surface area contributed by atoms with Gasteiger partial charge in [-0.15, -0.1) is 0 Å². The number of nitrogens with zero attached hydrogens (tertiary/aromatic N) is 1. The molecule has 2 rings (SSSR count). The number of halogens is 1. The van der Waals surface area contributed by atoms with Gasteiger partial charge in [0, 0.05) is 18.7 Å². The number of hydrogen-bond donors (Lipinski definition) is 3. The number of carbonyl (C=O) groups excluding carboxylic acids is 1. The van der Waals surface area contributed by atoms with Crippen LogP contribution in [0.4, 0.5) is 0 Å². The number of methoxy groups -OCH3 is 1. The Labute approximate surface area is 138 Å². The summed E-state index contributed by atoms with van der Waals surface area (Å²) in [6.45, 7) is 4.60. The number of rotatable bonds is 5. The van der Waals surface area contributed by atoms with Crippen LogP contribution in [0, 0.1) is 0 Å². The third-order valence-corrected chi connectivity index (χ3v) is 4.61. The lowest BCUT2D eigenvalue weighted by atomic mass is 10.1. The number of nitrogens with one attached hydrogen (secondary N) is 1. The first-order valence-corrected chi connectivity index (χ1v) is 8.09. The number of likely N-dealkylation sites (N-methyl/N-ethyl adjacent to an activating group) is 1. The van der Waals surface area contributed by atoms with E-state index in [0.717, 1.165) is 25.9 Å². The largest absolute Gasteiger partial charge is 0.504 e. The Balaban J connectivity index is 2.16. The van der Waals surface area contributed by atoms with E-state index in [1.54, 1.807) is 0 Å². The van der Waals surface area contributed by atoms with Crippen LogP contribution < -0.4 is 10.1 Å². The van der Waals surface area contributed by atoms with E-state index in [9.17, 15) is 15.0 Å². The molecule has 0 saturated carbocycles. The number of carbonyl (C=O) groups is 1. The average Bonchev–Trinajstić information content (AvgIpc) is 2.95. The maximum absolute atomic E-state index is 12.4. The Kier molecular flexibility index (Phi) is 5.52. The Bertz CT molecular complexity index is 565. The molecule has 1 fully saturated rings. The molecular weight excluding hydrogens is 352 g/mol. The fraction of sp³-hybridized carbons (Fsp3) is 0.533. The van der Waals surface area contributed by atoms with Crippen LogP contribution in [0.1, 0.15) is 30.1 Å². The summed E-state index contributed by atoms with van der Waals surface area (Å²) in [6.07, 6.45) is 2.17. The fourth-order valence-corrected chi connectivity index (χ4v) is 3.44. The van der Waals surface area contributed by atoms with Crippen molar-refractivity contribution in [2.75, 3.05) is 26.7 Å². The highest BCUT2D eigenvalue weighted by Crippen LogP contribution is 2.41. The molecule has 3 N–H and O–H groups in total. The zero-order valence-electron chi connectivity index (χ0n) is 12.7. The summed E-state index contributed by atoms with van der Waals surface area (Å²) in [5.74, 6) is -1.11. The van der Waals surface area contributed by atoms with Crippen molar-refractivity contribution in [2.24, 2.45) is 0 Å². The van der Waals surface area contributed by atoms with E-state index in [2.05, 4.69) is 33.1 Å². The maximum atomic E-state index is 12.4. The van der Waals surface area contributed by atoms with E-state index in [1.165, 1.54) is 13.2 Å². The first-order chi connectivity index (χ1) is 10.5. The smallest absolute Gasteiger partial charge is 0.259 e. The third kappa shape index (κ3) is 3.30. The van der Waals surface area contributed by atoms with Crippen LogP contribution in [-0.4, -0.2) is 53.8 Å². The molecule has 22 heavy (non-hydrogen) atoms. The van der Waals surface area contributed by atoms with Crippen LogP contribution in [0.2, 0.25) is 0 Å². The monoisotopic (exact) mass is 372 g/mol. The van der Waals surface area contributed by atoms with Gasteiger partial charge >= 0.3 is 0 Å². The van der Waals surface area contributed by atoms with E-state index in [-0.39, 0.29) is 17.1 Å². The van der Waals surface area contributed by atoms with Crippen LogP contribution in [0.5, 0.6) is 17.2 Å². The van der Waals surface area contributed by atoms with Crippen molar-refractivity contribution < 1.29 is 19.7 Å². The number of phenolic OH excluding ortho intramolecular Hbond substituents is 2. The van der Waals surface area contributed by atoms with Gasteiger partial charge in [-0.05, 0) is 41.9 Å². The van der Waals surface area contributed by atoms with Crippen LogP contribution in [-0.2, 0) is 0 Å². The standard InChI is InChI=1S/C15H21BrN2O4/c1-3-18-6-4-5-9(18)8-17-15(21)12-13(20)11(19)7-10(16)14(12)22-2/h7,9,19-20H,3-6,8H2,1-2H3,(H,17,21)/t9-/m0/s1. The van der Waals surface area contributed by atoms with Crippen molar-refractivity contribution >= 4 is 21.8 Å². The molecule has 0 unspecified atom stereocenters. The Morgan fingerprint density at radius 1 is 1.55 bits per heavy atom. The summed E-state index contributed by atoms with van der Waals surface area (Å²) in [4.78, 5) is 14.7. The van der Waals surface area contributed by atoms with Gasteiger partial charge in [0.1, 0.15) is 11.3 Å². The van der Waals surface area contributed by atoms with Gasteiger partial charge in [-0.3, -0.25) is 9.69 Å². The molecule has 1 saturated heterocycles. The molecule has 0 bridgehead atoms. The predicted molar refractivity (Wildman–Crippen MR) is 86.6 cm³/mol. The second kappa shape index (κ2) is 7.19. The number of ether oxygens (including phenoxy) is 1. The molecule has 1 aliphatic rings. The van der Waals surface area contributed by atoms with Crippen LogP contribution in [0.15, 0.2) is 10.5 Å². The number of amides is 1. The normalized spacial score (nSPS) is 18.4. The molecule has 7 heteroatoms. The summed E-state index contributed by atoms with van der Waals surface area (Å²) >= 11 is 3.21. The van der Waals surface area contributed by atoms with Crippen molar-refractivity contribution in [3.05, 3.63) is 16.1 Å². The molecule has 1 heterocycles. The zero-order chi connectivity index (χ0) is 16.3. The molecule has 6 nitrogen and oxygen atoms in total. The fourth-order valence-electron chi connectivity index (χ4n) is 2.86. The number of phenols is 2. The third-order valence-electron chi connectivity index (χ3n) is 4.02. The Morgan fingerprint density at radius 2 is 2.27 bits per heavy atom. The highest BCUT2D eigenvalue weighted by molar-refractivity contribution is 9.10. The van der Waals surface area contributed by atoms with Crippen LogP contribution in [0.25, 0.3) is 0 Å². The highest BCUT2D eigenvalue weighted by Gasteiger charge is 2.26. The number of benzene rings is 1. The first kappa shape index (κ1) is 16.9. The van der Waals surface area contributed by atoms with Crippen molar-refractivity contribution in [1.82, 2.24) is 10.2 Å². The van der Waals surface area contributed by atoms with E-state index < -0.39 is 11.7 Å². The number of hydrogen-bond acceptors (Lipinski definition) is 5. The highest BCUT2D eigenvalue weighted by atomic mass is 79.9. The van der Waals surface area contributed by atoms with Gasteiger partial charge in [-0.2, -0.15) is 0 Å². The minimum Gasteiger partial charge on any atom is -0.504 e. The van der Waals surface area contributed by atoms with Gasteiger partial charge < -0.3 is 20.3 Å². The van der Waals surface area contributed by atoms with Gasteiger partial charge in [-0.1, -0.05) is 6.92 Å². The predicted octanol–water partition coefficient (Wildman–Crippen LogP) is 2.08. The van der Waals surface area contributed by atoms with Crippen molar-refractivity contribution in [1.29, 1.82) is 0 Å². The molecule has 122 valence electrons. The molecule has 1 amide bonds. The average molecular weight is 373 g/mol. The van der Waals surface area contributed by atoms with Crippen molar-refractivity contribution in [2.45, 2.75) is 25.8 Å². The van der Waals surface area contributed by atoms with Gasteiger partial charge in [0.05, 0.1) is 11.6 Å². The molecule has 0 aliphatic carbocycles. The van der Waals surface area contributed by atoms with Gasteiger partial charge in [-0.25, -0.2) is 0 Å². The minimum absolute atomic E-state index is 0.0598. The van der Waals surface area contributed by atoms with Crippen molar-refractivity contribution in [3.8, 4) is 17.2 Å². The summed E-state index contributed by atoms with van der Waals surface area (Å²) in [6, 6.07) is 1.60. The van der Waals surface area contributed by atoms with Crippen LogP contribution >= 0.6 is 15.9 Å². The van der Waals surface area contributed by atoms with Gasteiger partial charge in [0.25, 0.3) is 5.91 Å². The van der Waals surface area contributed by atoms with E-state index in [4.69, 9.17) is 4.74 Å². The quantitative estimate of drug-likeness (QED) is 0.689. The first-order valence-electron chi connectivity index (χ1n) is 7.30. The summed E-state index contributed by atoms with van der Waals surface area (Å²) in [5.41, 5.74) is -0.0598. The van der Waals surface area contributed by atoms with Crippen molar-refractivity contribution in [3.63, 3.8) is 0 Å².